The van der Waals surface area contributed by atoms with Crippen molar-refractivity contribution in [3.05, 3.63) is 28.5 Å². The zero-order chi connectivity index (χ0) is 11.3. The molecule has 0 atom stereocenters. The van der Waals surface area contributed by atoms with E-state index in [2.05, 4.69) is 21.2 Å². The molecule has 0 fully saturated rings. The minimum Gasteiger partial charge on any atom is -0.372 e. The van der Waals surface area contributed by atoms with Gasteiger partial charge in [0, 0.05) is 11.1 Å². The first-order valence-electron chi connectivity index (χ1n) is 4.46. The van der Waals surface area contributed by atoms with Crippen molar-refractivity contribution >= 4 is 27.5 Å². The Kier molecular flexibility index (Phi) is 4.71. The normalized spacial score (nSPS) is 10.1. The predicted octanol–water partition coefficient (Wildman–Crippen LogP) is 2.56. The van der Waals surface area contributed by atoms with E-state index in [4.69, 9.17) is 4.74 Å². The average molecular weight is 276 g/mol. The van der Waals surface area contributed by atoms with E-state index in [1.165, 1.54) is 12.1 Å². The average Bonchev–Trinajstić information content (AvgIpc) is 2.19. The van der Waals surface area contributed by atoms with Crippen LogP contribution in [0.1, 0.15) is 6.92 Å². The van der Waals surface area contributed by atoms with E-state index < -0.39 is 5.82 Å². The first kappa shape index (κ1) is 12.1. The molecule has 3 nitrogen and oxygen atoms in total. The molecule has 0 aromatic heterocycles. The Morgan fingerprint density at radius 2 is 2.33 bits per heavy atom. The van der Waals surface area contributed by atoms with Crippen LogP contribution in [0.3, 0.4) is 0 Å². The van der Waals surface area contributed by atoms with Gasteiger partial charge in [-0.3, -0.25) is 4.79 Å². The highest BCUT2D eigenvalue weighted by Crippen LogP contribution is 2.19. The van der Waals surface area contributed by atoms with E-state index >= 15 is 0 Å². The molecule has 0 aliphatic rings. The summed E-state index contributed by atoms with van der Waals surface area (Å²) in [6.07, 6.45) is 0. The molecule has 1 aromatic rings. The topological polar surface area (TPSA) is 38.3 Å². The Bertz CT molecular complexity index is 357. The van der Waals surface area contributed by atoms with Gasteiger partial charge < -0.3 is 10.1 Å². The minimum absolute atomic E-state index is 0.0635. The number of carbonyl (C=O) groups excluding carboxylic acids is 1. The SMILES string of the molecule is CCOCC(=O)Nc1ccc(Br)cc1F. The van der Waals surface area contributed by atoms with Gasteiger partial charge in [0.1, 0.15) is 12.4 Å². The molecular weight excluding hydrogens is 265 g/mol. The molecule has 0 radical (unpaired) electrons. The molecule has 1 aromatic carbocycles. The van der Waals surface area contributed by atoms with Gasteiger partial charge in [0.05, 0.1) is 5.69 Å². The molecule has 0 heterocycles. The summed E-state index contributed by atoms with van der Waals surface area (Å²) in [5.41, 5.74) is 0.155. The zero-order valence-corrected chi connectivity index (χ0v) is 9.80. The molecule has 1 amide bonds. The summed E-state index contributed by atoms with van der Waals surface area (Å²) in [5.74, 6) is -0.840. The lowest BCUT2D eigenvalue weighted by molar-refractivity contribution is -0.120. The zero-order valence-electron chi connectivity index (χ0n) is 8.22. The fourth-order valence-corrected chi connectivity index (χ4v) is 1.31. The monoisotopic (exact) mass is 275 g/mol. The molecule has 0 unspecified atom stereocenters. The van der Waals surface area contributed by atoms with E-state index in [0.29, 0.717) is 11.1 Å². The number of hydrogen-bond acceptors (Lipinski definition) is 2. The minimum atomic E-state index is -0.478. The number of anilines is 1. The number of carbonyl (C=O) groups is 1. The molecule has 15 heavy (non-hydrogen) atoms. The number of amides is 1. The molecule has 0 aliphatic carbocycles. The van der Waals surface area contributed by atoms with E-state index in [9.17, 15) is 9.18 Å². The first-order chi connectivity index (χ1) is 7.13. The quantitative estimate of drug-likeness (QED) is 0.917. The van der Waals surface area contributed by atoms with Crippen molar-refractivity contribution < 1.29 is 13.9 Å². The van der Waals surface area contributed by atoms with Crippen LogP contribution in [0.5, 0.6) is 0 Å². The number of rotatable bonds is 4. The second-order valence-electron chi connectivity index (χ2n) is 2.81. The summed E-state index contributed by atoms with van der Waals surface area (Å²) < 4.78 is 18.8. The molecule has 1 rings (SSSR count). The Balaban J connectivity index is 2.60. The van der Waals surface area contributed by atoms with Crippen LogP contribution >= 0.6 is 15.9 Å². The lowest BCUT2D eigenvalue weighted by Gasteiger charge is -2.06. The van der Waals surface area contributed by atoms with Crippen molar-refractivity contribution in [2.24, 2.45) is 0 Å². The van der Waals surface area contributed by atoms with Gasteiger partial charge in [-0.1, -0.05) is 15.9 Å². The lowest BCUT2D eigenvalue weighted by Crippen LogP contribution is -2.18. The fourth-order valence-electron chi connectivity index (χ4n) is 0.972. The highest BCUT2D eigenvalue weighted by Gasteiger charge is 2.06. The van der Waals surface area contributed by atoms with Crippen LogP contribution in [0.2, 0.25) is 0 Å². The fraction of sp³-hybridized carbons (Fsp3) is 0.300. The Hall–Kier alpha value is -0.940. The highest BCUT2D eigenvalue weighted by atomic mass is 79.9. The van der Waals surface area contributed by atoms with Crippen molar-refractivity contribution in [2.75, 3.05) is 18.5 Å². The van der Waals surface area contributed by atoms with Crippen molar-refractivity contribution in [3.63, 3.8) is 0 Å². The summed E-state index contributed by atoms with van der Waals surface area (Å²) in [6.45, 7) is 2.18. The van der Waals surface area contributed by atoms with Crippen LogP contribution in [0.15, 0.2) is 22.7 Å². The summed E-state index contributed by atoms with van der Waals surface area (Å²) in [4.78, 5) is 11.2. The molecule has 0 saturated carbocycles. The summed E-state index contributed by atoms with van der Waals surface area (Å²) >= 11 is 3.13. The highest BCUT2D eigenvalue weighted by molar-refractivity contribution is 9.10. The summed E-state index contributed by atoms with van der Waals surface area (Å²) in [7, 11) is 0. The van der Waals surface area contributed by atoms with Crippen LogP contribution in [-0.4, -0.2) is 19.1 Å². The number of nitrogens with one attached hydrogen (secondary N) is 1. The van der Waals surface area contributed by atoms with Crippen LogP contribution < -0.4 is 5.32 Å². The Morgan fingerprint density at radius 3 is 2.93 bits per heavy atom. The summed E-state index contributed by atoms with van der Waals surface area (Å²) in [6, 6.07) is 4.43. The second-order valence-corrected chi connectivity index (χ2v) is 3.73. The maximum atomic E-state index is 13.2. The van der Waals surface area contributed by atoms with Gasteiger partial charge in [-0.05, 0) is 25.1 Å². The molecular formula is C10H11BrFNO2. The van der Waals surface area contributed by atoms with Crippen molar-refractivity contribution in [2.45, 2.75) is 6.92 Å². The van der Waals surface area contributed by atoms with Gasteiger partial charge in [0.2, 0.25) is 5.91 Å². The van der Waals surface area contributed by atoms with E-state index in [1.54, 1.807) is 13.0 Å². The maximum absolute atomic E-state index is 13.2. The number of hydrogen-bond donors (Lipinski definition) is 1. The number of benzene rings is 1. The largest absolute Gasteiger partial charge is 0.372 e. The van der Waals surface area contributed by atoms with Crippen LogP contribution in [0.25, 0.3) is 0 Å². The van der Waals surface area contributed by atoms with Gasteiger partial charge in [-0.25, -0.2) is 4.39 Å². The van der Waals surface area contributed by atoms with Gasteiger partial charge in [-0.15, -0.1) is 0 Å². The molecule has 0 aliphatic heterocycles. The molecule has 1 N–H and O–H groups in total. The predicted molar refractivity (Wildman–Crippen MR) is 59.2 cm³/mol. The Labute approximate surface area is 95.7 Å². The van der Waals surface area contributed by atoms with Crippen molar-refractivity contribution in [1.29, 1.82) is 0 Å². The van der Waals surface area contributed by atoms with Gasteiger partial charge in [-0.2, -0.15) is 0 Å². The van der Waals surface area contributed by atoms with Gasteiger partial charge >= 0.3 is 0 Å². The van der Waals surface area contributed by atoms with Crippen LogP contribution in [-0.2, 0) is 9.53 Å². The summed E-state index contributed by atoms with van der Waals surface area (Å²) in [5, 5.41) is 2.41. The lowest BCUT2D eigenvalue weighted by atomic mass is 10.3. The number of ether oxygens (including phenoxy) is 1. The van der Waals surface area contributed by atoms with Gasteiger partial charge in [0.15, 0.2) is 0 Å². The molecule has 82 valence electrons. The van der Waals surface area contributed by atoms with Crippen LogP contribution in [0, 0.1) is 5.82 Å². The maximum Gasteiger partial charge on any atom is 0.250 e. The van der Waals surface area contributed by atoms with E-state index in [-0.39, 0.29) is 18.2 Å². The van der Waals surface area contributed by atoms with Gasteiger partial charge in [0.25, 0.3) is 0 Å². The molecule has 0 bridgehead atoms. The molecule has 0 spiro atoms. The Morgan fingerprint density at radius 1 is 1.60 bits per heavy atom. The standard InChI is InChI=1S/C10H11BrFNO2/c1-2-15-6-10(14)13-9-4-3-7(11)5-8(9)12/h3-5H,2,6H2,1H3,(H,13,14). The smallest absolute Gasteiger partial charge is 0.250 e. The van der Waals surface area contributed by atoms with E-state index in [1.807, 2.05) is 0 Å². The van der Waals surface area contributed by atoms with E-state index in [0.717, 1.165) is 0 Å². The first-order valence-corrected chi connectivity index (χ1v) is 5.25. The molecule has 5 heteroatoms. The third kappa shape index (κ3) is 3.97. The van der Waals surface area contributed by atoms with Crippen molar-refractivity contribution in [3.8, 4) is 0 Å². The third-order valence-electron chi connectivity index (χ3n) is 1.64. The second kappa shape index (κ2) is 5.82. The third-order valence-corrected chi connectivity index (χ3v) is 2.14. The number of halogens is 2. The van der Waals surface area contributed by atoms with Crippen LogP contribution in [0.4, 0.5) is 10.1 Å². The van der Waals surface area contributed by atoms with Crippen molar-refractivity contribution in [1.82, 2.24) is 0 Å². The molecule has 0 saturated heterocycles.